The molecule has 2 unspecified atom stereocenters. The summed E-state index contributed by atoms with van der Waals surface area (Å²) in [4.78, 5) is 4.92. The van der Waals surface area contributed by atoms with E-state index in [-0.39, 0.29) is 0 Å². The number of nitrogens with zero attached hydrogens (tertiary/aromatic N) is 2. The summed E-state index contributed by atoms with van der Waals surface area (Å²) in [6.07, 6.45) is 3.93. The molecule has 0 aromatic rings. The van der Waals surface area contributed by atoms with Crippen LogP contribution < -0.4 is 5.32 Å². The van der Waals surface area contributed by atoms with Gasteiger partial charge < -0.3 is 15.1 Å². The van der Waals surface area contributed by atoms with E-state index in [4.69, 9.17) is 0 Å². The van der Waals surface area contributed by atoms with Crippen LogP contribution >= 0.6 is 0 Å². The van der Waals surface area contributed by atoms with Gasteiger partial charge in [0.15, 0.2) is 0 Å². The second kappa shape index (κ2) is 7.25. The molecule has 0 aromatic carbocycles. The summed E-state index contributed by atoms with van der Waals surface area (Å²) in [5.41, 5.74) is 0. The Balaban J connectivity index is 2.20. The van der Waals surface area contributed by atoms with Crippen molar-refractivity contribution in [2.45, 2.75) is 45.2 Å². The van der Waals surface area contributed by atoms with Gasteiger partial charge in [0.25, 0.3) is 0 Å². The largest absolute Gasteiger partial charge is 0.314 e. The molecule has 1 rings (SSSR count). The summed E-state index contributed by atoms with van der Waals surface area (Å²) in [6.45, 7) is 9.43. The monoisotopic (exact) mass is 227 g/mol. The number of hydrogen-bond donors (Lipinski definition) is 1. The van der Waals surface area contributed by atoms with Crippen molar-refractivity contribution in [3.8, 4) is 0 Å². The van der Waals surface area contributed by atoms with E-state index in [0.29, 0.717) is 0 Å². The van der Waals surface area contributed by atoms with Crippen LogP contribution in [0.25, 0.3) is 0 Å². The van der Waals surface area contributed by atoms with E-state index < -0.39 is 0 Å². The zero-order valence-corrected chi connectivity index (χ0v) is 11.5. The summed E-state index contributed by atoms with van der Waals surface area (Å²) in [5, 5.41) is 3.57. The summed E-state index contributed by atoms with van der Waals surface area (Å²) in [5.74, 6) is 0. The highest BCUT2D eigenvalue weighted by Crippen LogP contribution is 2.17. The third-order valence-electron chi connectivity index (χ3n) is 3.56. The van der Waals surface area contributed by atoms with Crippen molar-refractivity contribution < 1.29 is 0 Å². The predicted octanol–water partition coefficient (Wildman–Crippen LogP) is 1.40. The number of likely N-dealkylation sites (tertiary alicyclic amines) is 1. The summed E-state index contributed by atoms with van der Waals surface area (Å²) in [6, 6.07) is 1.50. The molecule has 0 spiro atoms. The molecule has 0 amide bonds. The second-order valence-electron chi connectivity index (χ2n) is 5.32. The van der Waals surface area contributed by atoms with Gasteiger partial charge in [-0.15, -0.1) is 0 Å². The quantitative estimate of drug-likeness (QED) is 0.740. The molecular formula is C13H29N3. The van der Waals surface area contributed by atoms with Gasteiger partial charge in [0, 0.05) is 12.1 Å². The van der Waals surface area contributed by atoms with E-state index in [0.717, 1.165) is 18.6 Å². The fraction of sp³-hybridized carbons (Fsp3) is 1.00. The zero-order valence-electron chi connectivity index (χ0n) is 11.5. The van der Waals surface area contributed by atoms with E-state index in [9.17, 15) is 0 Å². The third-order valence-corrected chi connectivity index (χ3v) is 3.56. The molecule has 1 fully saturated rings. The summed E-state index contributed by atoms with van der Waals surface area (Å²) < 4.78 is 0. The minimum atomic E-state index is 0.750. The van der Waals surface area contributed by atoms with E-state index in [1.807, 2.05) is 0 Å². The van der Waals surface area contributed by atoms with Gasteiger partial charge in [-0.05, 0) is 66.5 Å². The Morgan fingerprint density at radius 3 is 2.69 bits per heavy atom. The lowest BCUT2D eigenvalue weighted by Gasteiger charge is -2.38. The van der Waals surface area contributed by atoms with Crippen LogP contribution in [0.15, 0.2) is 0 Å². The highest BCUT2D eigenvalue weighted by Gasteiger charge is 2.23. The Bertz CT molecular complexity index is 182. The summed E-state index contributed by atoms with van der Waals surface area (Å²) >= 11 is 0. The third kappa shape index (κ3) is 4.81. The van der Waals surface area contributed by atoms with Crippen LogP contribution in [0, 0.1) is 0 Å². The zero-order chi connectivity index (χ0) is 12.0. The minimum absolute atomic E-state index is 0.750. The Morgan fingerprint density at radius 2 is 2.12 bits per heavy atom. The topological polar surface area (TPSA) is 18.5 Å². The van der Waals surface area contributed by atoms with Gasteiger partial charge in [0.1, 0.15) is 0 Å². The van der Waals surface area contributed by atoms with Crippen molar-refractivity contribution in [2.75, 3.05) is 40.3 Å². The van der Waals surface area contributed by atoms with Crippen LogP contribution in [0.1, 0.15) is 33.1 Å². The van der Waals surface area contributed by atoms with Gasteiger partial charge >= 0.3 is 0 Å². The summed E-state index contributed by atoms with van der Waals surface area (Å²) in [7, 11) is 4.31. The van der Waals surface area contributed by atoms with Gasteiger partial charge in [-0.2, -0.15) is 0 Å². The molecule has 1 aliphatic heterocycles. The average Bonchev–Trinajstić information content (AvgIpc) is 2.21. The maximum absolute atomic E-state index is 3.57. The molecule has 16 heavy (non-hydrogen) atoms. The fourth-order valence-corrected chi connectivity index (χ4v) is 2.62. The number of piperidine rings is 1. The number of nitrogens with one attached hydrogen (secondary N) is 1. The van der Waals surface area contributed by atoms with E-state index >= 15 is 0 Å². The first-order valence-electron chi connectivity index (χ1n) is 6.75. The van der Waals surface area contributed by atoms with Crippen LogP contribution in [0.5, 0.6) is 0 Å². The van der Waals surface area contributed by atoms with Crippen molar-refractivity contribution in [1.82, 2.24) is 15.1 Å². The SMILES string of the molecule is CCNC1CCN(CCCN(C)C)C(C)C1. The lowest BCUT2D eigenvalue weighted by atomic mass is 9.98. The average molecular weight is 227 g/mol. The first-order chi connectivity index (χ1) is 7.63. The van der Waals surface area contributed by atoms with Crippen molar-refractivity contribution in [2.24, 2.45) is 0 Å². The number of rotatable bonds is 6. The lowest BCUT2D eigenvalue weighted by molar-refractivity contribution is 0.132. The Hall–Kier alpha value is -0.120. The molecule has 96 valence electrons. The van der Waals surface area contributed by atoms with Crippen LogP contribution in [0.3, 0.4) is 0 Å². The molecule has 1 saturated heterocycles. The van der Waals surface area contributed by atoms with Gasteiger partial charge in [0.05, 0.1) is 0 Å². The first-order valence-corrected chi connectivity index (χ1v) is 6.75. The van der Waals surface area contributed by atoms with Gasteiger partial charge in [-0.3, -0.25) is 0 Å². The molecule has 0 saturated carbocycles. The van der Waals surface area contributed by atoms with Crippen molar-refractivity contribution in [3.05, 3.63) is 0 Å². The molecule has 3 heteroatoms. The van der Waals surface area contributed by atoms with Crippen molar-refractivity contribution in [3.63, 3.8) is 0 Å². The van der Waals surface area contributed by atoms with Crippen molar-refractivity contribution in [1.29, 1.82) is 0 Å². The maximum atomic E-state index is 3.57. The van der Waals surface area contributed by atoms with Gasteiger partial charge in [0.2, 0.25) is 0 Å². The van der Waals surface area contributed by atoms with Crippen molar-refractivity contribution >= 4 is 0 Å². The molecule has 0 aromatic heterocycles. The standard InChI is InChI=1S/C13H29N3/c1-5-14-13-7-10-16(12(2)11-13)9-6-8-15(3)4/h12-14H,5-11H2,1-4H3. The number of hydrogen-bond acceptors (Lipinski definition) is 3. The van der Waals surface area contributed by atoms with E-state index in [1.54, 1.807) is 0 Å². The first kappa shape index (κ1) is 13.9. The Kier molecular flexibility index (Phi) is 6.32. The smallest absolute Gasteiger partial charge is 0.00939 e. The molecule has 1 heterocycles. The Labute approximate surface area is 101 Å². The Morgan fingerprint density at radius 1 is 1.38 bits per heavy atom. The minimum Gasteiger partial charge on any atom is -0.314 e. The van der Waals surface area contributed by atoms with Crippen LogP contribution in [0.2, 0.25) is 0 Å². The molecular weight excluding hydrogens is 198 g/mol. The molecule has 0 bridgehead atoms. The normalized spacial score (nSPS) is 27.6. The van der Waals surface area contributed by atoms with Crippen LogP contribution in [-0.2, 0) is 0 Å². The van der Waals surface area contributed by atoms with Gasteiger partial charge in [-0.1, -0.05) is 6.92 Å². The fourth-order valence-electron chi connectivity index (χ4n) is 2.62. The maximum Gasteiger partial charge on any atom is 0.00939 e. The van der Waals surface area contributed by atoms with Gasteiger partial charge in [-0.25, -0.2) is 0 Å². The van der Waals surface area contributed by atoms with E-state index in [1.165, 1.54) is 38.9 Å². The molecule has 1 aliphatic rings. The van der Waals surface area contributed by atoms with Crippen LogP contribution in [0.4, 0.5) is 0 Å². The molecule has 0 aliphatic carbocycles. The highest BCUT2D eigenvalue weighted by atomic mass is 15.2. The predicted molar refractivity (Wildman–Crippen MR) is 70.9 cm³/mol. The second-order valence-corrected chi connectivity index (χ2v) is 5.32. The molecule has 0 radical (unpaired) electrons. The molecule has 1 N–H and O–H groups in total. The lowest BCUT2D eigenvalue weighted by Crippen LogP contribution is -2.47. The highest BCUT2D eigenvalue weighted by molar-refractivity contribution is 4.82. The van der Waals surface area contributed by atoms with Crippen LogP contribution in [-0.4, -0.2) is 62.2 Å². The van der Waals surface area contributed by atoms with E-state index in [2.05, 4.69) is 43.1 Å². The molecule has 2 atom stereocenters. The molecule has 3 nitrogen and oxygen atoms in total.